The molecule has 2 aromatic heterocycles. The molecule has 0 atom stereocenters. The first kappa shape index (κ1) is 22.1. The van der Waals surface area contributed by atoms with E-state index in [1.165, 1.54) is 11.3 Å². The molecule has 0 unspecified atom stereocenters. The molecule has 1 fully saturated rings. The molecule has 0 bridgehead atoms. The zero-order chi connectivity index (χ0) is 23.0. The van der Waals surface area contributed by atoms with Crippen LogP contribution < -0.4 is 5.32 Å². The van der Waals surface area contributed by atoms with Gasteiger partial charge in [-0.05, 0) is 49.6 Å². The molecule has 2 heterocycles. The maximum Gasteiger partial charge on any atom is 0.236 e. The van der Waals surface area contributed by atoms with Gasteiger partial charge in [0.05, 0.1) is 16.8 Å². The predicted molar refractivity (Wildman–Crippen MR) is 135 cm³/mol. The third kappa shape index (κ3) is 4.31. The van der Waals surface area contributed by atoms with Gasteiger partial charge in [-0.3, -0.25) is 4.79 Å². The summed E-state index contributed by atoms with van der Waals surface area (Å²) in [7, 11) is 0. The molecule has 1 aliphatic carbocycles. The third-order valence-corrected chi connectivity index (χ3v) is 7.50. The fourth-order valence-electron chi connectivity index (χ4n) is 4.48. The van der Waals surface area contributed by atoms with Gasteiger partial charge in [-0.15, -0.1) is 11.3 Å². The summed E-state index contributed by atoms with van der Waals surface area (Å²) in [5.41, 5.74) is 3.06. The van der Waals surface area contributed by atoms with E-state index >= 15 is 0 Å². The Morgan fingerprint density at radius 2 is 1.67 bits per heavy atom. The molecule has 1 amide bonds. The quantitative estimate of drug-likeness (QED) is 0.321. The van der Waals surface area contributed by atoms with Crippen molar-refractivity contribution in [2.75, 3.05) is 5.32 Å². The number of carbonyl (C=O) groups excluding carboxylic acids is 1. The fraction of sp³-hybridized carbons (Fsp3) is 0.240. The normalized spacial score (nSPS) is 15.0. The minimum atomic E-state index is -0.565. The van der Waals surface area contributed by atoms with Crippen molar-refractivity contribution in [2.45, 2.75) is 38.0 Å². The second-order valence-electron chi connectivity index (χ2n) is 8.36. The Labute approximate surface area is 206 Å². The number of aromatic nitrogens is 3. The number of nitrogens with zero attached hydrogens (tertiary/aromatic N) is 3. The van der Waals surface area contributed by atoms with E-state index in [0.717, 1.165) is 48.2 Å². The van der Waals surface area contributed by atoms with Crippen LogP contribution in [0.1, 0.15) is 36.9 Å². The smallest absolute Gasteiger partial charge is 0.236 e. The number of amides is 1. The van der Waals surface area contributed by atoms with E-state index < -0.39 is 5.41 Å². The van der Waals surface area contributed by atoms with Crippen molar-refractivity contribution in [1.82, 2.24) is 14.8 Å². The van der Waals surface area contributed by atoms with Crippen molar-refractivity contribution < 1.29 is 4.79 Å². The van der Waals surface area contributed by atoms with Crippen LogP contribution >= 0.6 is 34.5 Å². The van der Waals surface area contributed by atoms with Crippen LogP contribution in [0.2, 0.25) is 10.0 Å². The van der Waals surface area contributed by atoms with Crippen LogP contribution in [0.3, 0.4) is 0 Å². The molecular formula is C25H22Cl2N4OS. The highest BCUT2D eigenvalue weighted by Gasteiger charge is 2.43. The first-order valence-electron chi connectivity index (χ1n) is 10.8. The first-order chi connectivity index (χ1) is 15.9. The van der Waals surface area contributed by atoms with Gasteiger partial charge in [0, 0.05) is 27.1 Å². The maximum atomic E-state index is 13.7. The highest BCUT2D eigenvalue weighted by molar-refractivity contribution is 7.12. The summed E-state index contributed by atoms with van der Waals surface area (Å²) in [5.74, 6) is 0.604. The van der Waals surface area contributed by atoms with Crippen LogP contribution in [0.4, 0.5) is 5.82 Å². The summed E-state index contributed by atoms with van der Waals surface area (Å²) in [5, 5.41) is 11.8. The molecule has 168 valence electrons. The molecule has 2 aromatic carbocycles. The average Bonchev–Trinajstić information content (AvgIpc) is 3.55. The van der Waals surface area contributed by atoms with Gasteiger partial charge in [0.2, 0.25) is 11.0 Å². The van der Waals surface area contributed by atoms with Gasteiger partial charge in [0.25, 0.3) is 0 Å². The van der Waals surface area contributed by atoms with Gasteiger partial charge in [-0.2, -0.15) is 9.78 Å². The Kier molecular flexibility index (Phi) is 5.99. The van der Waals surface area contributed by atoms with E-state index in [1.807, 2.05) is 66.9 Å². The van der Waals surface area contributed by atoms with Gasteiger partial charge in [0.15, 0.2) is 0 Å². The molecule has 0 saturated heterocycles. The molecule has 33 heavy (non-hydrogen) atoms. The van der Waals surface area contributed by atoms with Gasteiger partial charge in [0.1, 0.15) is 5.82 Å². The van der Waals surface area contributed by atoms with Gasteiger partial charge in [-0.1, -0.05) is 60.3 Å². The number of benzene rings is 2. The SMILES string of the molecule is Cc1cc(NC(=O)C2(c3ccc(Cl)cc3)CCCC2)n(-c2nc(-c3ccc(Cl)cc3)cs2)n1. The summed E-state index contributed by atoms with van der Waals surface area (Å²) in [6.45, 7) is 1.91. The van der Waals surface area contributed by atoms with Crippen LogP contribution in [0, 0.1) is 6.92 Å². The van der Waals surface area contributed by atoms with Crippen molar-refractivity contribution in [3.05, 3.63) is 81.3 Å². The Morgan fingerprint density at radius 1 is 1.03 bits per heavy atom. The minimum Gasteiger partial charge on any atom is -0.310 e. The molecule has 0 spiro atoms. The minimum absolute atomic E-state index is 0.0158. The van der Waals surface area contributed by atoms with Gasteiger partial charge >= 0.3 is 0 Å². The number of hydrogen-bond acceptors (Lipinski definition) is 4. The molecule has 0 radical (unpaired) electrons. The number of halogens is 2. The predicted octanol–water partition coefficient (Wildman–Crippen LogP) is 7.06. The lowest BCUT2D eigenvalue weighted by Crippen LogP contribution is -2.38. The van der Waals surface area contributed by atoms with Crippen molar-refractivity contribution in [1.29, 1.82) is 0 Å². The number of anilines is 1. The molecule has 0 aliphatic heterocycles. The van der Waals surface area contributed by atoms with Gasteiger partial charge < -0.3 is 5.32 Å². The Bertz CT molecular complexity index is 1290. The lowest BCUT2D eigenvalue weighted by atomic mass is 9.78. The molecule has 8 heteroatoms. The first-order valence-corrected chi connectivity index (χ1v) is 12.4. The number of aryl methyl sites for hydroxylation is 1. The second-order valence-corrected chi connectivity index (χ2v) is 10.1. The van der Waals surface area contributed by atoms with Crippen LogP contribution in [0.25, 0.3) is 16.4 Å². The lowest BCUT2D eigenvalue weighted by molar-refractivity contribution is -0.121. The molecule has 4 aromatic rings. The third-order valence-electron chi connectivity index (χ3n) is 6.17. The summed E-state index contributed by atoms with van der Waals surface area (Å²) < 4.78 is 1.71. The Morgan fingerprint density at radius 3 is 2.33 bits per heavy atom. The number of nitrogens with one attached hydrogen (secondary N) is 1. The van der Waals surface area contributed by atoms with Crippen LogP contribution in [0.5, 0.6) is 0 Å². The fourth-order valence-corrected chi connectivity index (χ4v) is 5.53. The Balaban J connectivity index is 1.45. The van der Waals surface area contributed by atoms with Crippen LogP contribution in [0.15, 0.2) is 60.0 Å². The highest BCUT2D eigenvalue weighted by Crippen LogP contribution is 2.42. The van der Waals surface area contributed by atoms with Crippen LogP contribution in [-0.4, -0.2) is 20.7 Å². The average molecular weight is 497 g/mol. The molecule has 1 N–H and O–H groups in total. The summed E-state index contributed by atoms with van der Waals surface area (Å²) in [4.78, 5) is 18.4. The number of hydrogen-bond donors (Lipinski definition) is 1. The van der Waals surface area contributed by atoms with Crippen molar-refractivity contribution in [3.8, 4) is 16.4 Å². The molecular weight excluding hydrogens is 475 g/mol. The molecule has 5 nitrogen and oxygen atoms in total. The number of carbonyl (C=O) groups is 1. The zero-order valence-corrected chi connectivity index (χ0v) is 20.3. The molecule has 1 aliphatic rings. The van der Waals surface area contributed by atoms with Crippen molar-refractivity contribution in [2.24, 2.45) is 0 Å². The topological polar surface area (TPSA) is 59.8 Å². The van der Waals surface area contributed by atoms with E-state index in [9.17, 15) is 4.79 Å². The summed E-state index contributed by atoms with van der Waals surface area (Å²) >= 11 is 13.6. The molecule has 1 saturated carbocycles. The summed E-state index contributed by atoms with van der Waals surface area (Å²) in [6, 6.07) is 17.1. The van der Waals surface area contributed by atoms with E-state index in [-0.39, 0.29) is 5.91 Å². The van der Waals surface area contributed by atoms with Crippen molar-refractivity contribution in [3.63, 3.8) is 0 Å². The van der Waals surface area contributed by atoms with E-state index in [2.05, 4.69) is 10.4 Å². The van der Waals surface area contributed by atoms with E-state index in [0.29, 0.717) is 21.0 Å². The number of thiazole rings is 1. The number of rotatable bonds is 5. The highest BCUT2D eigenvalue weighted by atomic mass is 35.5. The standard InChI is InChI=1S/C25H22Cl2N4OS/c1-16-14-22(29-23(32)25(12-2-3-13-25)18-6-10-20(27)11-7-18)31(30-16)24-28-21(15-33-24)17-4-8-19(26)9-5-17/h4-11,14-15H,2-3,12-13H2,1H3,(H,29,32). The van der Waals surface area contributed by atoms with Crippen molar-refractivity contribution >= 4 is 46.3 Å². The largest absolute Gasteiger partial charge is 0.310 e. The monoisotopic (exact) mass is 496 g/mol. The van der Waals surface area contributed by atoms with E-state index in [4.69, 9.17) is 28.2 Å². The van der Waals surface area contributed by atoms with E-state index in [1.54, 1.807) is 4.68 Å². The maximum absolute atomic E-state index is 13.7. The molecule has 5 rings (SSSR count). The zero-order valence-electron chi connectivity index (χ0n) is 18.0. The van der Waals surface area contributed by atoms with Gasteiger partial charge in [-0.25, -0.2) is 4.98 Å². The Hall–Kier alpha value is -2.67. The second kappa shape index (κ2) is 8.93. The van der Waals surface area contributed by atoms with Crippen LogP contribution in [-0.2, 0) is 10.2 Å². The lowest BCUT2D eigenvalue weighted by Gasteiger charge is -2.28. The summed E-state index contributed by atoms with van der Waals surface area (Å²) in [6.07, 6.45) is 3.66.